The minimum Gasteiger partial charge on any atom is -0.483 e. The van der Waals surface area contributed by atoms with Gasteiger partial charge in [-0.25, -0.2) is 4.98 Å². The number of carbonyl (C=O) groups excluding carboxylic acids is 1. The molecule has 0 bridgehead atoms. The molecule has 2 heterocycles. The third-order valence-corrected chi connectivity index (χ3v) is 6.67. The van der Waals surface area contributed by atoms with Crippen molar-refractivity contribution in [2.45, 2.75) is 24.5 Å². The number of carbonyl (C=O) groups is 1. The summed E-state index contributed by atoms with van der Waals surface area (Å²) in [5.74, 6) is 0.981. The van der Waals surface area contributed by atoms with Gasteiger partial charge in [0.1, 0.15) is 5.75 Å². The average Bonchev–Trinajstić information content (AvgIpc) is 3.14. The zero-order chi connectivity index (χ0) is 21.8. The molecule has 6 nitrogen and oxygen atoms in total. The van der Waals surface area contributed by atoms with Crippen LogP contribution in [0.3, 0.4) is 0 Å². The summed E-state index contributed by atoms with van der Waals surface area (Å²) in [5.41, 5.74) is 3.20. The van der Waals surface area contributed by atoms with E-state index in [0.717, 1.165) is 16.2 Å². The number of nitrogens with one attached hydrogen (secondary N) is 1. The second kappa shape index (κ2) is 9.36. The number of nitrogens with zero attached hydrogens (tertiary/aromatic N) is 2. The Kier molecular flexibility index (Phi) is 6.39. The molecule has 8 heteroatoms. The molecule has 2 aromatic heterocycles. The van der Waals surface area contributed by atoms with Crippen LogP contribution in [0, 0.1) is 13.8 Å². The van der Waals surface area contributed by atoms with Crippen LogP contribution in [0.4, 0.5) is 5.69 Å². The predicted molar refractivity (Wildman–Crippen MR) is 125 cm³/mol. The summed E-state index contributed by atoms with van der Waals surface area (Å²) in [5, 5.41) is 4.83. The van der Waals surface area contributed by atoms with E-state index in [1.165, 1.54) is 23.1 Å². The first kappa shape index (κ1) is 21.1. The van der Waals surface area contributed by atoms with Gasteiger partial charge in [-0.15, -0.1) is 23.1 Å². The van der Waals surface area contributed by atoms with E-state index in [2.05, 4.69) is 10.3 Å². The first-order chi connectivity index (χ1) is 15.0. The maximum Gasteiger partial charge on any atom is 0.262 e. The number of hydrogen-bond donors (Lipinski definition) is 1. The molecule has 1 amide bonds. The number of para-hydroxylation sites is 2. The van der Waals surface area contributed by atoms with Crippen LogP contribution in [0.2, 0.25) is 0 Å². The Morgan fingerprint density at radius 2 is 1.94 bits per heavy atom. The molecule has 0 fully saturated rings. The van der Waals surface area contributed by atoms with Crippen molar-refractivity contribution in [2.75, 3.05) is 11.9 Å². The number of rotatable bonds is 7. The Labute approximate surface area is 187 Å². The fraction of sp³-hybridized carbons (Fsp3) is 0.174. The summed E-state index contributed by atoms with van der Waals surface area (Å²) in [6.45, 7) is 3.76. The summed E-state index contributed by atoms with van der Waals surface area (Å²) in [6.07, 6.45) is 0. The summed E-state index contributed by atoms with van der Waals surface area (Å²) < 4.78 is 7.24. The number of ether oxygens (including phenoxy) is 1. The topological polar surface area (TPSA) is 72.7 Å². The molecule has 158 valence electrons. The summed E-state index contributed by atoms with van der Waals surface area (Å²) >= 11 is 2.97. The SMILES string of the molecule is Cc1ccccc1OCC(=O)Nc1ccccc1SCc1cc(=O)n2c(C)csc2n1. The van der Waals surface area contributed by atoms with Crippen LogP contribution in [-0.4, -0.2) is 21.9 Å². The number of thioether (sulfide) groups is 1. The van der Waals surface area contributed by atoms with E-state index in [-0.39, 0.29) is 18.1 Å². The van der Waals surface area contributed by atoms with Crippen molar-refractivity contribution in [3.63, 3.8) is 0 Å². The highest BCUT2D eigenvalue weighted by Crippen LogP contribution is 2.29. The summed E-state index contributed by atoms with van der Waals surface area (Å²) in [7, 11) is 0. The molecule has 1 N–H and O–H groups in total. The van der Waals surface area contributed by atoms with Crippen molar-refractivity contribution in [3.05, 3.63) is 87.3 Å². The van der Waals surface area contributed by atoms with E-state index in [4.69, 9.17) is 4.74 Å². The van der Waals surface area contributed by atoms with Gasteiger partial charge in [0, 0.05) is 27.8 Å². The summed E-state index contributed by atoms with van der Waals surface area (Å²) in [6, 6.07) is 16.7. The predicted octanol–water partition coefficient (Wildman–Crippen LogP) is 4.68. The van der Waals surface area contributed by atoms with Gasteiger partial charge in [0.15, 0.2) is 11.6 Å². The number of thiazole rings is 1. The fourth-order valence-electron chi connectivity index (χ4n) is 3.07. The lowest BCUT2D eigenvalue weighted by atomic mass is 10.2. The second-order valence-electron chi connectivity index (χ2n) is 6.97. The van der Waals surface area contributed by atoms with Crippen molar-refractivity contribution >= 4 is 39.7 Å². The van der Waals surface area contributed by atoms with Crippen LogP contribution < -0.4 is 15.6 Å². The zero-order valence-corrected chi connectivity index (χ0v) is 18.8. The molecule has 0 aliphatic carbocycles. The number of fused-ring (bicyclic) bond motifs is 1. The van der Waals surface area contributed by atoms with Gasteiger partial charge in [0.05, 0.1) is 11.4 Å². The van der Waals surface area contributed by atoms with Gasteiger partial charge in [-0.3, -0.25) is 14.0 Å². The van der Waals surface area contributed by atoms with Gasteiger partial charge in [0.2, 0.25) is 0 Å². The van der Waals surface area contributed by atoms with Gasteiger partial charge in [-0.05, 0) is 37.6 Å². The molecule has 31 heavy (non-hydrogen) atoms. The number of benzene rings is 2. The van der Waals surface area contributed by atoms with E-state index in [0.29, 0.717) is 27.8 Å². The monoisotopic (exact) mass is 451 g/mol. The number of aryl methyl sites for hydroxylation is 2. The largest absolute Gasteiger partial charge is 0.483 e. The number of aromatic nitrogens is 2. The second-order valence-corrected chi connectivity index (χ2v) is 8.82. The van der Waals surface area contributed by atoms with E-state index in [1.807, 2.05) is 67.8 Å². The summed E-state index contributed by atoms with van der Waals surface area (Å²) in [4.78, 5) is 31.0. The highest BCUT2D eigenvalue weighted by molar-refractivity contribution is 7.98. The molecule has 4 rings (SSSR count). The number of hydrogen-bond acceptors (Lipinski definition) is 6. The first-order valence-corrected chi connectivity index (χ1v) is 11.5. The average molecular weight is 452 g/mol. The molecular weight excluding hydrogens is 430 g/mol. The molecule has 4 aromatic rings. The molecule has 0 unspecified atom stereocenters. The smallest absolute Gasteiger partial charge is 0.262 e. The van der Waals surface area contributed by atoms with E-state index in [1.54, 1.807) is 10.5 Å². The fourth-order valence-corrected chi connectivity index (χ4v) is 4.86. The quantitative estimate of drug-likeness (QED) is 0.413. The molecule has 0 saturated heterocycles. The Bertz CT molecular complexity index is 1300. The zero-order valence-electron chi connectivity index (χ0n) is 17.1. The van der Waals surface area contributed by atoms with Crippen molar-refractivity contribution < 1.29 is 9.53 Å². The highest BCUT2D eigenvalue weighted by Gasteiger charge is 2.11. The van der Waals surface area contributed by atoms with Crippen LogP contribution >= 0.6 is 23.1 Å². The standard InChI is InChI=1S/C23H21N3O3S2/c1-15-7-3-5-9-19(15)29-12-21(27)25-18-8-4-6-10-20(18)30-14-17-11-22(28)26-16(2)13-31-23(26)24-17/h3-11,13H,12,14H2,1-2H3,(H,25,27). The van der Waals surface area contributed by atoms with Gasteiger partial charge < -0.3 is 10.1 Å². The van der Waals surface area contributed by atoms with E-state index < -0.39 is 0 Å². The lowest BCUT2D eigenvalue weighted by molar-refractivity contribution is -0.118. The van der Waals surface area contributed by atoms with Crippen LogP contribution in [0.25, 0.3) is 4.96 Å². The van der Waals surface area contributed by atoms with Gasteiger partial charge in [-0.1, -0.05) is 30.3 Å². The number of anilines is 1. The molecule has 0 saturated carbocycles. The van der Waals surface area contributed by atoms with Crippen LogP contribution in [0.15, 0.2) is 69.7 Å². The molecule has 0 atom stereocenters. The van der Waals surface area contributed by atoms with Crippen LogP contribution in [0.5, 0.6) is 5.75 Å². The minimum absolute atomic E-state index is 0.0728. The van der Waals surface area contributed by atoms with Gasteiger partial charge in [-0.2, -0.15) is 0 Å². The molecule has 0 aliphatic heterocycles. The van der Waals surface area contributed by atoms with Crippen LogP contribution in [0.1, 0.15) is 17.0 Å². The van der Waals surface area contributed by atoms with Gasteiger partial charge >= 0.3 is 0 Å². The van der Waals surface area contributed by atoms with E-state index >= 15 is 0 Å². The van der Waals surface area contributed by atoms with Crippen molar-refractivity contribution in [2.24, 2.45) is 0 Å². The Hall–Kier alpha value is -3.10. The Morgan fingerprint density at radius 1 is 1.16 bits per heavy atom. The Morgan fingerprint density at radius 3 is 2.77 bits per heavy atom. The first-order valence-electron chi connectivity index (χ1n) is 9.68. The molecule has 2 aromatic carbocycles. The maximum absolute atomic E-state index is 12.4. The molecule has 0 radical (unpaired) electrons. The maximum atomic E-state index is 12.4. The third kappa shape index (κ3) is 4.98. The normalized spacial score (nSPS) is 10.9. The lowest BCUT2D eigenvalue weighted by Crippen LogP contribution is -2.20. The minimum atomic E-state index is -0.233. The highest BCUT2D eigenvalue weighted by atomic mass is 32.2. The van der Waals surface area contributed by atoms with E-state index in [9.17, 15) is 9.59 Å². The van der Waals surface area contributed by atoms with Crippen molar-refractivity contribution in [1.82, 2.24) is 9.38 Å². The Balaban J connectivity index is 1.42. The third-order valence-electron chi connectivity index (χ3n) is 4.62. The van der Waals surface area contributed by atoms with Crippen molar-refractivity contribution in [3.8, 4) is 5.75 Å². The molecule has 0 aliphatic rings. The van der Waals surface area contributed by atoms with Crippen molar-refractivity contribution in [1.29, 1.82) is 0 Å². The van der Waals surface area contributed by atoms with Crippen LogP contribution in [-0.2, 0) is 10.5 Å². The molecule has 0 spiro atoms. The number of amides is 1. The van der Waals surface area contributed by atoms with Gasteiger partial charge in [0.25, 0.3) is 11.5 Å². The lowest BCUT2D eigenvalue weighted by Gasteiger charge is -2.12. The molecular formula is C23H21N3O3S2.